The molecule has 1 N–H and O–H groups in total. The van der Waals surface area contributed by atoms with E-state index in [2.05, 4.69) is 6.92 Å². The molecule has 1 aromatic rings. The van der Waals surface area contributed by atoms with Gasteiger partial charge in [0.2, 0.25) is 0 Å². The summed E-state index contributed by atoms with van der Waals surface area (Å²) in [5, 5.41) is 9.19. The molecule has 0 aliphatic carbocycles. The van der Waals surface area contributed by atoms with Gasteiger partial charge in [-0.05, 0) is 17.7 Å². The van der Waals surface area contributed by atoms with Crippen LogP contribution >= 0.6 is 0 Å². The van der Waals surface area contributed by atoms with Crippen molar-refractivity contribution in [2.24, 2.45) is 0 Å². The quantitative estimate of drug-likeness (QED) is 0.829. The van der Waals surface area contributed by atoms with Crippen molar-refractivity contribution in [3.63, 3.8) is 0 Å². The van der Waals surface area contributed by atoms with Crippen LogP contribution in [-0.2, 0) is 0 Å². The van der Waals surface area contributed by atoms with Crippen LogP contribution in [-0.4, -0.2) is 31.8 Å². The molecule has 1 atom stereocenters. The molecule has 1 aromatic carbocycles. The number of carboxylic acid groups (broad SMARTS) is 1. The summed E-state index contributed by atoms with van der Waals surface area (Å²) in [5.74, 6) is 0.0441. The minimum Gasteiger partial charge on any atom is -0.497 e. The summed E-state index contributed by atoms with van der Waals surface area (Å²) >= 11 is 0. The van der Waals surface area contributed by atoms with Gasteiger partial charge in [-0.25, -0.2) is 4.79 Å². The van der Waals surface area contributed by atoms with Gasteiger partial charge in [0.25, 0.3) is 0 Å². The van der Waals surface area contributed by atoms with E-state index in [9.17, 15) is 9.90 Å². The van der Waals surface area contributed by atoms with Crippen LogP contribution < -0.4 is 9.64 Å². The van der Waals surface area contributed by atoms with E-state index in [-0.39, 0.29) is 0 Å². The fourth-order valence-corrected chi connectivity index (χ4v) is 2.31. The molecule has 0 saturated heterocycles. The van der Waals surface area contributed by atoms with Crippen molar-refractivity contribution < 1.29 is 14.6 Å². The number of methoxy groups -OCH3 is 1. The Morgan fingerprint density at radius 3 is 2.81 bits per heavy atom. The Labute approximate surface area is 94.4 Å². The van der Waals surface area contributed by atoms with Gasteiger partial charge in [0.1, 0.15) is 5.75 Å². The van der Waals surface area contributed by atoms with E-state index in [1.807, 2.05) is 18.0 Å². The molecular formula is C12H15NO3. The molecule has 0 spiro atoms. The van der Waals surface area contributed by atoms with Crippen molar-refractivity contribution in [3.05, 3.63) is 23.3 Å². The molecule has 4 nitrogen and oxygen atoms in total. The number of rotatable bonds is 2. The van der Waals surface area contributed by atoms with Gasteiger partial charge in [-0.3, -0.25) is 0 Å². The molecule has 86 valence electrons. The van der Waals surface area contributed by atoms with E-state index in [0.717, 1.165) is 17.8 Å². The van der Waals surface area contributed by atoms with Gasteiger partial charge in [0.05, 0.1) is 18.4 Å². The number of anilines is 1. The SMILES string of the molecule is COc1cc(C(=O)O)c2c(c1)C(C)CN2C. The highest BCUT2D eigenvalue weighted by molar-refractivity contribution is 5.96. The summed E-state index contributed by atoms with van der Waals surface area (Å²) in [7, 11) is 3.47. The second kappa shape index (κ2) is 3.70. The zero-order chi connectivity index (χ0) is 11.9. The molecule has 0 amide bonds. The predicted octanol–water partition coefficient (Wildman–Crippen LogP) is 1.95. The number of benzene rings is 1. The van der Waals surface area contributed by atoms with E-state index >= 15 is 0 Å². The molecule has 0 aromatic heterocycles. The molecular weight excluding hydrogens is 206 g/mol. The lowest BCUT2D eigenvalue weighted by Gasteiger charge is -2.15. The lowest BCUT2D eigenvalue weighted by atomic mass is 10.00. The highest BCUT2D eigenvalue weighted by Crippen LogP contribution is 2.40. The fraction of sp³-hybridized carbons (Fsp3) is 0.417. The Balaban J connectivity index is 2.65. The molecule has 1 aliphatic heterocycles. The minimum absolute atomic E-state index is 0.321. The number of hydrogen-bond donors (Lipinski definition) is 1. The number of hydrogen-bond acceptors (Lipinski definition) is 3. The minimum atomic E-state index is -0.906. The summed E-state index contributed by atoms with van der Waals surface area (Å²) in [6, 6.07) is 3.51. The third-order valence-corrected chi connectivity index (χ3v) is 3.04. The Hall–Kier alpha value is -1.71. The molecule has 1 heterocycles. The lowest BCUT2D eigenvalue weighted by molar-refractivity contribution is 0.0697. The zero-order valence-electron chi connectivity index (χ0n) is 9.65. The third-order valence-electron chi connectivity index (χ3n) is 3.04. The van der Waals surface area contributed by atoms with Crippen molar-refractivity contribution >= 4 is 11.7 Å². The standard InChI is InChI=1S/C12H15NO3/c1-7-6-13(2)11-9(7)4-8(16-3)5-10(11)12(14)15/h4-5,7H,6H2,1-3H3,(H,14,15). The predicted molar refractivity (Wildman–Crippen MR) is 61.6 cm³/mol. The maximum absolute atomic E-state index is 11.2. The Bertz CT molecular complexity index is 442. The lowest BCUT2D eigenvalue weighted by Crippen LogP contribution is -2.16. The molecule has 4 heteroatoms. The first kappa shape index (κ1) is 10.8. The maximum Gasteiger partial charge on any atom is 0.337 e. The highest BCUT2D eigenvalue weighted by atomic mass is 16.5. The van der Waals surface area contributed by atoms with Crippen LogP contribution in [0.3, 0.4) is 0 Å². The second-order valence-corrected chi connectivity index (χ2v) is 4.20. The normalized spacial score (nSPS) is 18.4. The number of ether oxygens (including phenoxy) is 1. The van der Waals surface area contributed by atoms with E-state index in [0.29, 0.717) is 17.2 Å². The van der Waals surface area contributed by atoms with Gasteiger partial charge in [-0.2, -0.15) is 0 Å². The van der Waals surface area contributed by atoms with Crippen molar-refractivity contribution in [3.8, 4) is 5.75 Å². The van der Waals surface area contributed by atoms with Gasteiger partial charge in [-0.15, -0.1) is 0 Å². The van der Waals surface area contributed by atoms with Crippen LogP contribution in [0.4, 0.5) is 5.69 Å². The first-order chi connectivity index (χ1) is 7.54. The molecule has 0 fully saturated rings. The number of fused-ring (bicyclic) bond motifs is 1. The summed E-state index contributed by atoms with van der Waals surface area (Å²) in [6.07, 6.45) is 0. The van der Waals surface area contributed by atoms with E-state index in [1.165, 1.54) is 0 Å². The van der Waals surface area contributed by atoms with Crippen LogP contribution in [0.25, 0.3) is 0 Å². The summed E-state index contributed by atoms with van der Waals surface area (Å²) in [6.45, 7) is 2.94. The van der Waals surface area contributed by atoms with Crippen molar-refractivity contribution in [2.75, 3.05) is 25.6 Å². The average molecular weight is 221 g/mol. The van der Waals surface area contributed by atoms with Crippen molar-refractivity contribution in [2.45, 2.75) is 12.8 Å². The van der Waals surface area contributed by atoms with E-state index in [1.54, 1.807) is 13.2 Å². The van der Waals surface area contributed by atoms with Crippen LogP contribution in [0, 0.1) is 0 Å². The van der Waals surface area contributed by atoms with Crippen LogP contribution in [0.2, 0.25) is 0 Å². The van der Waals surface area contributed by atoms with Gasteiger partial charge in [0, 0.05) is 19.5 Å². The van der Waals surface area contributed by atoms with Gasteiger partial charge >= 0.3 is 5.97 Å². The molecule has 2 rings (SSSR count). The molecule has 0 bridgehead atoms. The second-order valence-electron chi connectivity index (χ2n) is 4.20. The zero-order valence-corrected chi connectivity index (χ0v) is 9.65. The smallest absolute Gasteiger partial charge is 0.337 e. The van der Waals surface area contributed by atoms with E-state index < -0.39 is 5.97 Å². The fourth-order valence-electron chi connectivity index (χ4n) is 2.31. The number of carboxylic acids is 1. The Morgan fingerprint density at radius 1 is 1.56 bits per heavy atom. The van der Waals surface area contributed by atoms with Gasteiger partial charge in [0.15, 0.2) is 0 Å². The number of carbonyl (C=O) groups is 1. The number of nitrogens with zero attached hydrogens (tertiary/aromatic N) is 1. The van der Waals surface area contributed by atoms with Crippen molar-refractivity contribution in [1.29, 1.82) is 0 Å². The average Bonchev–Trinajstić information content (AvgIpc) is 2.53. The Kier molecular flexibility index (Phi) is 2.50. The molecule has 0 radical (unpaired) electrons. The maximum atomic E-state index is 11.2. The molecule has 0 saturated carbocycles. The topological polar surface area (TPSA) is 49.8 Å². The summed E-state index contributed by atoms with van der Waals surface area (Å²) in [5.41, 5.74) is 2.20. The van der Waals surface area contributed by atoms with Crippen LogP contribution in [0.1, 0.15) is 28.8 Å². The molecule has 1 aliphatic rings. The van der Waals surface area contributed by atoms with Gasteiger partial charge in [-0.1, -0.05) is 6.92 Å². The van der Waals surface area contributed by atoms with Crippen molar-refractivity contribution in [1.82, 2.24) is 0 Å². The monoisotopic (exact) mass is 221 g/mol. The number of likely N-dealkylation sites (N-methyl/N-ethyl adjacent to an activating group) is 1. The Morgan fingerprint density at radius 2 is 2.25 bits per heavy atom. The largest absolute Gasteiger partial charge is 0.497 e. The number of aromatic carboxylic acids is 1. The van der Waals surface area contributed by atoms with Crippen LogP contribution in [0.15, 0.2) is 12.1 Å². The first-order valence-corrected chi connectivity index (χ1v) is 5.21. The molecule has 1 unspecified atom stereocenters. The van der Waals surface area contributed by atoms with Gasteiger partial charge < -0.3 is 14.7 Å². The molecule has 16 heavy (non-hydrogen) atoms. The van der Waals surface area contributed by atoms with E-state index in [4.69, 9.17) is 4.74 Å². The van der Waals surface area contributed by atoms with Crippen LogP contribution in [0.5, 0.6) is 5.75 Å². The summed E-state index contributed by atoms with van der Waals surface area (Å²) in [4.78, 5) is 13.2. The highest BCUT2D eigenvalue weighted by Gasteiger charge is 2.28. The summed E-state index contributed by atoms with van der Waals surface area (Å²) < 4.78 is 5.13. The third kappa shape index (κ3) is 1.50. The first-order valence-electron chi connectivity index (χ1n) is 5.21.